The maximum Gasteiger partial charge on any atom is 0.238 e. The number of aryl methyl sites for hydroxylation is 2. The average molecular weight is 379 g/mol. The van der Waals surface area contributed by atoms with Gasteiger partial charge >= 0.3 is 0 Å². The van der Waals surface area contributed by atoms with Gasteiger partial charge in [0.1, 0.15) is 22.0 Å². The number of nitrogens with zero attached hydrogens (tertiary/aromatic N) is 3. The lowest BCUT2D eigenvalue weighted by atomic mass is 10.2. The van der Waals surface area contributed by atoms with Gasteiger partial charge in [0, 0.05) is 16.5 Å². The quantitative estimate of drug-likeness (QED) is 0.535. The molecule has 0 saturated heterocycles. The van der Waals surface area contributed by atoms with Crippen molar-refractivity contribution >= 4 is 56.6 Å². The van der Waals surface area contributed by atoms with Crippen molar-refractivity contribution in [1.82, 2.24) is 15.0 Å². The fraction of sp³-hybridized carbons (Fsp3) is 0.250. The van der Waals surface area contributed by atoms with Crippen molar-refractivity contribution in [3.63, 3.8) is 0 Å². The van der Waals surface area contributed by atoms with E-state index in [-0.39, 0.29) is 11.2 Å². The molecule has 3 aromatic heterocycles. The molecule has 0 aliphatic carbocycles. The molecule has 3 aromatic rings. The molecule has 0 radical (unpaired) electrons. The number of pyridine rings is 1. The summed E-state index contributed by atoms with van der Waals surface area (Å²) in [6, 6.07) is 3.36. The standard InChI is InChI=1S/C16H15ClN4OS2/c1-8-9(2)23-15-13(8)16(20-7-19-15)24-10(3)14(22)21-12-5-4-11(17)6-18-12/h4-7,10H,1-3H3,(H,18,21,22). The van der Waals surface area contributed by atoms with E-state index in [4.69, 9.17) is 11.6 Å². The van der Waals surface area contributed by atoms with E-state index in [9.17, 15) is 4.79 Å². The monoisotopic (exact) mass is 378 g/mol. The van der Waals surface area contributed by atoms with Crippen LogP contribution in [0.2, 0.25) is 5.02 Å². The molecule has 5 nitrogen and oxygen atoms in total. The molecule has 0 aromatic carbocycles. The van der Waals surface area contributed by atoms with E-state index in [1.165, 1.54) is 28.4 Å². The summed E-state index contributed by atoms with van der Waals surface area (Å²) in [7, 11) is 0. The Hall–Kier alpha value is -1.70. The van der Waals surface area contributed by atoms with Crippen LogP contribution in [0.25, 0.3) is 10.2 Å². The number of fused-ring (bicyclic) bond motifs is 1. The fourth-order valence-electron chi connectivity index (χ4n) is 2.14. The van der Waals surface area contributed by atoms with Gasteiger partial charge in [0.2, 0.25) is 5.91 Å². The molecule has 0 aliphatic heterocycles. The first-order valence-electron chi connectivity index (χ1n) is 7.25. The van der Waals surface area contributed by atoms with Crippen LogP contribution in [0, 0.1) is 13.8 Å². The third kappa shape index (κ3) is 3.53. The summed E-state index contributed by atoms with van der Waals surface area (Å²) >= 11 is 8.86. The third-order valence-corrected chi connectivity index (χ3v) is 6.01. The fourth-order valence-corrected chi connectivity index (χ4v) is 4.29. The van der Waals surface area contributed by atoms with Gasteiger partial charge in [0.15, 0.2) is 0 Å². The Morgan fingerprint density at radius 2 is 2.08 bits per heavy atom. The molecule has 1 atom stereocenters. The molecule has 0 aliphatic rings. The molecule has 0 spiro atoms. The lowest BCUT2D eigenvalue weighted by molar-refractivity contribution is -0.115. The van der Waals surface area contributed by atoms with Crippen molar-refractivity contribution in [2.75, 3.05) is 5.32 Å². The number of thioether (sulfide) groups is 1. The first kappa shape index (κ1) is 17.1. The number of anilines is 1. The summed E-state index contributed by atoms with van der Waals surface area (Å²) in [6.45, 7) is 5.97. The van der Waals surface area contributed by atoms with Crippen molar-refractivity contribution in [3.8, 4) is 0 Å². The summed E-state index contributed by atoms with van der Waals surface area (Å²) in [5.41, 5.74) is 1.17. The number of rotatable bonds is 4. The minimum absolute atomic E-state index is 0.133. The van der Waals surface area contributed by atoms with Crippen LogP contribution in [0.4, 0.5) is 5.82 Å². The second kappa shape index (κ2) is 7.04. The van der Waals surface area contributed by atoms with Crippen LogP contribution in [0.1, 0.15) is 17.4 Å². The van der Waals surface area contributed by atoms with Crippen LogP contribution in [0.3, 0.4) is 0 Å². The Morgan fingerprint density at radius 3 is 2.79 bits per heavy atom. The highest BCUT2D eigenvalue weighted by Gasteiger charge is 2.19. The molecule has 1 amide bonds. The number of carbonyl (C=O) groups excluding carboxylic acids is 1. The van der Waals surface area contributed by atoms with Gasteiger partial charge in [0.25, 0.3) is 0 Å². The van der Waals surface area contributed by atoms with Crippen molar-refractivity contribution in [3.05, 3.63) is 40.1 Å². The van der Waals surface area contributed by atoms with Gasteiger partial charge in [-0.15, -0.1) is 11.3 Å². The number of thiophene rings is 1. The van der Waals surface area contributed by atoms with E-state index >= 15 is 0 Å². The largest absolute Gasteiger partial charge is 0.310 e. The van der Waals surface area contributed by atoms with Crippen LogP contribution in [-0.4, -0.2) is 26.1 Å². The van der Waals surface area contributed by atoms with Crippen molar-refractivity contribution in [2.24, 2.45) is 0 Å². The maximum absolute atomic E-state index is 12.4. The zero-order chi connectivity index (χ0) is 17.3. The highest BCUT2D eigenvalue weighted by molar-refractivity contribution is 8.00. The van der Waals surface area contributed by atoms with Crippen LogP contribution < -0.4 is 5.32 Å². The minimum Gasteiger partial charge on any atom is -0.310 e. The van der Waals surface area contributed by atoms with E-state index in [2.05, 4.69) is 34.1 Å². The predicted molar refractivity (Wildman–Crippen MR) is 100 cm³/mol. The van der Waals surface area contributed by atoms with E-state index in [1.54, 1.807) is 29.8 Å². The normalized spacial score (nSPS) is 12.3. The molecule has 3 rings (SSSR count). The van der Waals surface area contributed by atoms with Gasteiger partial charge in [-0.3, -0.25) is 4.79 Å². The van der Waals surface area contributed by atoms with Gasteiger partial charge in [-0.25, -0.2) is 15.0 Å². The summed E-state index contributed by atoms with van der Waals surface area (Å²) in [5.74, 6) is 0.346. The number of aromatic nitrogens is 3. The molecule has 1 N–H and O–H groups in total. The van der Waals surface area contributed by atoms with Crippen LogP contribution in [-0.2, 0) is 4.79 Å². The number of nitrogens with one attached hydrogen (secondary N) is 1. The Bertz CT molecular complexity index is 895. The molecule has 124 valence electrons. The molecular formula is C16H15ClN4OS2. The molecule has 24 heavy (non-hydrogen) atoms. The lowest BCUT2D eigenvalue weighted by Crippen LogP contribution is -2.23. The van der Waals surface area contributed by atoms with Gasteiger partial charge in [-0.1, -0.05) is 23.4 Å². The molecule has 0 bridgehead atoms. The Kier molecular flexibility index (Phi) is 5.03. The summed E-state index contributed by atoms with van der Waals surface area (Å²) in [5, 5.41) is 4.86. The number of amides is 1. The van der Waals surface area contributed by atoms with Gasteiger partial charge in [0.05, 0.1) is 10.3 Å². The smallest absolute Gasteiger partial charge is 0.238 e. The topological polar surface area (TPSA) is 67.8 Å². The SMILES string of the molecule is Cc1sc2ncnc(SC(C)C(=O)Nc3ccc(Cl)cn3)c2c1C. The van der Waals surface area contributed by atoms with E-state index in [0.29, 0.717) is 10.8 Å². The van der Waals surface area contributed by atoms with Gasteiger partial charge in [-0.2, -0.15) is 0 Å². The molecule has 0 fully saturated rings. The number of hydrogen-bond donors (Lipinski definition) is 1. The Morgan fingerprint density at radius 1 is 1.29 bits per heavy atom. The first-order valence-corrected chi connectivity index (χ1v) is 9.33. The number of halogens is 1. The zero-order valence-electron chi connectivity index (χ0n) is 13.3. The summed E-state index contributed by atoms with van der Waals surface area (Å²) in [4.78, 5) is 27.3. The average Bonchev–Trinajstić information content (AvgIpc) is 2.85. The second-order valence-corrected chi connectivity index (χ2v) is 8.22. The van der Waals surface area contributed by atoms with Crippen LogP contribution in [0.15, 0.2) is 29.7 Å². The molecule has 1 unspecified atom stereocenters. The molecule has 8 heteroatoms. The number of hydrogen-bond acceptors (Lipinski definition) is 6. The van der Waals surface area contributed by atoms with E-state index in [0.717, 1.165) is 15.2 Å². The van der Waals surface area contributed by atoms with Gasteiger partial charge in [-0.05, 0) is 38.5 Å². The Balaban J connectivity index is 1.78. The maximum atomic E-state index is 12.4. The molecular weight excluding hydrogens is 364 g/mol. The minimum atomic E-state index is -0.319. The van der Waals surface area contributed by atoms with Crippen LogP contribution >= 0.6 is 34.7 Å². The van der Waals surface area contributed by atoms with Crippen molar-refractivity contribution in [1.29, 1.82) is 0 Å². The number of carbonyl (C=O) groups is 1. The van der Waals surface area contributed by atoms with Crippen molar-refractivity contribution < 1.29 is 4.79 Å². The highest BCUT2D eigenvalue weighted by Crippen LogP contribution is 2.36. The van der Waals surface area contributed by atoms with E-state index in [1.807, 2.05) is 6.92 Å². The highest BCUT2D eigenvalue weighted by atomic mass is 35.5. The predicted octanol–water partition coefficient (Wildman–Crippen LogP) is 4.48. The molecule has 3 heterocycles. The van der Waals surface area contributed by atoms with Crippen molar-refractivity contribution in [2.45, 2.75) is 31.0 Å². The van der Waals surface area contributed by atoms with Gasteiger partial charge < -0.3 is 5.32 Å². The lowest BCUT2D eigenvalue weighted by Gasteiger charge is -2.11. The summed E-state index contributed by atoms with van der Waals surface area (Å²) in [6.07, 6.45) is 3.05. The van der Waals surface area contributed by atoms with Crippen LogP contribution in [0.5, 0.6) is 0 Å². The summed E-state index contributed by atoms with van der Waals surface area (Å²) < 4.78 is 0. The molecule has 0 saturated carbocycles. The second-order valence-electron chi connectivity index (χ2n) is 5.25. The third-order valence-electron chi connectivity index (χ3n) is 3.57. The zero-order valence-corrected chi connectivity index (χ0v) is 15.7. The Labute approximate surface area is 152 Å². The first-order chi connectivity index (χ1) is 11.5. The van der Waals surface area contributed by atoms with E-state index < -0.39 is 0 Å².